The highest BCUT2D eigenvalue weighted by molar-refractivity contribution is 5.74. The van der Waals surface area contributed by atoms with Crippen LogP contribution in [0.2, 0.25) is 0 Å². The third kappa shape index (κ3) is 7.35. The number of urea groups is 1. The van der Waals surface area contributed by atoms with Crippen molar-refractivity contribution in [3.8, 4) is 11.5 Å². The molecule has 3 rings (SSSR count). The fourth-order valence-corrected chi connectivity index (χ4v) is 4.03. The number of carbonyl (C=O) groups excluding carboxylic acids is 1. The minimum absolute atomic E-state index is 0.126. The average molecular weight is 458 g/mol. The first-order chi connectivity index (χ1) is 16.0. The summed E-state index contributed by atoms with van der Waals surface area (Å²) in [5.41, 5.74) is 1.80. The molecule has 2 aromatic carbocycles. The van der Waals surface area contributed by atoms with Crippen molar-refractivity contribution in [1.29, 1.82) is 0 Å². The number of ether oxygens (including phenoxy) is 2. The van der Waals surface area contributed by atoms with E-state index in [1.54, 1.807) is 19.2 Å². The average Bonchev–Trinajstić information content (AvgIpc) is 2.83. The summed E-state index contributed by atoms with van der Waals surface area (Å²) in [6, 6.07) is 12.1. The van der Waals surface area contributed by atoms with Crippen molar-refractivity contribution < 1.29 is 18.7 Å². The number of likely N-dealkylation sites (tertiary alicyclic amines) is 1. The van der Waals surface area contributed by atoms with Crippen molar-refractivity contribution in [2.45, 2.75) is 51.7 Å². The van der Waals surface area contributed by atoms with E-state index in [1.165, 1.54) is 12.1 Å². The van der Waals surface area contributed by atoms with Gasteiger partial charge in [0.05, 0.1) is 13.7 Å². The van der Waals surface area contributed by atoms with Gasteiger partial charge < -0.3 is 24.6 Å². The van der Waals surface area contributed by atoms with Gasteiger partial charge >= 0.3 is 6.03 Å². The Labute approximate surface area is 196 Å². The molecule has 0 bridgehead atoms. The molecule has 2 amide bonds. The highest BCUT2D eigenvalue weighted by atomic mass is 19.1. The number of benzene rings is 2. The summed E-state index contributed by atoms with van der Waals surface area (Å²) in [5, 5.41) is 3.06. The highest BCUT2D eigenvalue weighted by Crippen LogP contribution is 2.25. The summed E-state index contributed by atoms with van der Waals surface area (Å²) in [6.45, 7) is 5.49. The smallest absolute Gasteiger partial charge is 0.318 e. The molecule has 0 unspecified atom stereocenters. The molecule has 0 aliphatic carbocycles. The molecule has 180 valence electrons. The Morgan fingerprint density at radius 2 is 1.91 bits per heavy atom. The van der Waals surface area contributed by atoms with Crippen LogP contribution >= 0.6 is 0 Å². The van der Waals surface area contributed by atoms with Gasteiger partial charge in [0.2, 0.25) is 0 Å². The molecule has 0 spiro atoms. The molecular formula is C26H36FN3O3. The van der Waals surface area contributed by atoms with Gasteiger partial charge in [0.1, 0.15) is 17.3 Å². The van der Waals surface area contributed by atoms with Gasteiger partial charge in [-0.3, -0.25) is 0 Å². The summed E-state index contributed by atoms with van der Waals surface area (Å²) >= 11 is 0. The van der Waals surface area contributed by atoms with Crippen LogP contribution in [0.3, 0.4) is 0 Å². The lowest BCUT2D eigenvalue weighted by Crippen LogP contribution is -2.49. The monoisotopic (exact) mass is 457 g/mol. The normalized spacial score (nSPS) is 14.7. The van der Waals surface area contributed by atoms with Crippen molar-refractivity contribution in [3.63, 3.8) is 0 Å². The Morgan fingerprint density at radius 3 is 2.58 bits per heavy atom. The second kappa shape index (κ2) is 12.4. The van der Waals surface area contributed by atoms with E-state index in [0.717, 1.165) is 55.6 Å². The number of halogens is 1. The van der Waals surface area contributed by atoms with Crippen LogP contribution in [-0.2, 0) is 13.1 Å². The third-order valence-corrected chi connectivity index (χ3v) is 6.11. The zero-order valence-electron chi connectivity index (χ0n) is 20.0. The number of nitrogens with zero attached hydrogens (tertiary/aromatic N) is 2. The number of piperidine rings is 1. The lowest BCUT2D eigenvalue weighted by atomic mass is 10.0. The van der Waals surface area contributed by atoms with Gasteiger partial charge in [-0.05, 0) is 69.2 Å². The Bertz CT molecular complexity index is 883. The van der Waals surface area contributed by atoms with Crippen LogP contribution < -0.4 is 14.8 Å². The predicted octanol–water partition coefficient (Wildman–Crippen LogP) is 4.82. The van der Waals surface area contributed by atoms with Gasteiger partial charge in [0.25, 0.3) is 0 Å². The molecule has 1 fully saturated rings. The molecule has 0 saturated carbocycles. The number of hydrogen-bond donors (Lipinski definition) is 1. The molecule has 0 atom stereocenters. The minimum Gasteiger partial charge on any atom is -0.496 e. The van der Waals surface area contributed by atoms with Crippen LogP contribution in [0.1, 0.15) is 43.7 Å². The molecule has 1 aliphatic rings. The highest BCUT2D eigenvalue weighted by Gasteiger charge is 2.27. The quantitative estimate of drug-likeness (QED) is 0.520. The molecule has 6 nitrogen and oxygen atoms in total. The van der Waals surface area contributed by atoms with Crippen molar-refractivity contribution in [3.05, 3.63) is 59.4 Å². The second-order valence-electron chi connectivity index (χ2n) is 8.62. The number of hydrogen-bond acceptors (Lipinski definition) is 4. The molecular weight excluding hydrogens is 421 g/mol. The Hall–Kier alpha value is -2.80. The van der Waals surface area contributed by atoms with E-state index in [-0.39, 0.29) is 17.9 Å². The van der Waals surface area contributed by atoms with Gasteiger partial charge in [-0.2, -0.15) is 0 Å². The summed E-state index contributed by atoms with van der Waals surface area (Å²) in [4.78, 5) is 17.4. The van der Waals surface area contributed by atoms with E-state index < -0.39 is 0 Å². The molecule has 0 aromatic heterocycles. The minimum atomic E-state index is -0.275. The van der Waals surface area contributed by atoms with Gasteiger partial charge in [-0.15, -0.1) is 0 Å². The maximum atomic E-state index is 13.4. The van der Waals surface area contributed by atoms with Crippen molar-refractivity contribution in [1.82, 2.24) is 15.1 Å². The van der Waals surface area contributed by atoms with Crippen LogP contribution in [0.5, 0.6) is 11.5 Å². The second-order valence-corrected chi connectivity index (χ2v) is 8.62. The lowest BCUT2D eigenvalue weighted by Gasteiger charge is -2.37. The van der Waals surface area contributed by atoms with E-state index in [2.05, 4.69) is 24.2 Å². The van der Waals surface area contributed by atoms with Crippen LogP contribution in [0.15, 0.2) is 42.5 Å². The molecule has 1 saturated heterocycles. The first kappa shape index (κ1) is 24.8. The summed E-state index contributed by atoms with van der Waals surface area (Å²) in [7, 11) is 3.72. The number of rotatable bonds is 10. The van der Waals surface area contributed by atoms with Gasteiger partial charge in [0.15, 0.2) is 0 Å². The zero-order chi connectivity index (χ0) is 23.6. The van der Waals surface area contributed by atoms with Crippen molar-refractivity contribution >= 4 is 6.03 Å². The Kier molecular flexibility index (Phi) is 9.36. The van der Waals surface area contributed by atoms with Gasteiger partial charge in [-0.25, -0.2) is 9.18 Å². The SMILES string of the molecule is CCCCOc1ccc(CNC(=O)N(Cc2ccc(F)cc2)C2CCN(C)CC2)c(OC)c1. The first-order valence-corrected chi connectivity index (χ1v) is 11.8. The predicted molar refractivity (Wildman–Crippen MR) is 128 cm³/mol. The van der Waals surface area contributed by atoms with Crippen LogP contribution in [0.25, 0.3) is 0 Å². The Balaban J connectivity index is 1.67. The first-order valence-electron chi connectivity index (χ1n) is 11.8. The van der Waals surface area contributed by atoms with E-state index in [4.69, 9.17) is 9.47 Å². The van der Waals surface area contributed by atoms with Crippen molar-refractivity contribution in [2.24, 2.45) is 0 Å². The molecule has 0 radical (unpaired) electrons. The third-order valence-electron chi connectivity index (χ3n) is 6.11. The maximum Gasteiger partial charge on any atom is 0.318 e. The van der Waals surface area contributed by atoms with Crippen LogP contribution in [0, 0.1) is 5.82 Å². The molecule has 2 aromatic rings. The van der Waals surface area contributed by atoms with E-state index in [9.17, 15) is 9.18 Å². The van der Waals surface area contributed by atoms with Crippen molar-refractivity contribution in [2.75, 3.05) is 33.9 Å². The fourth-order valence-electron chi connectivity index (χ4n) is 4.03. The van der Waals surface area contributed by atoms with Gasteiger partial charge in [-0.1, -0.05) is 25.5 Å². The number of nitrogens with one attached hydrogen (secondary N) is 1. The summed E-state index contributed by atoms with van der Waals surface area (Å²) in [5.74, 6) is 1.18. The standard InChI is InChI=1S/C26H36FN3O3/c1-4-5-16-33-24-11-8-21(25(17-24)32-3)18-28-26(31)30(23-12-14-29(2)15-13-23)19-20-6-9-22(27)10-7-20/h6-11,17,23H,4-5,12-16,18-19H2,1-3H3,(H,28,31). The van der Waals surface area contributed by atoms with E-state index >= 15 is 0 Å². The number of unbranched alkanes of at least 4 members (excludes halogenated alkanes) is 1. The molecule has 1 heterocycles. The fraction of sp³-hybridized carbons (Fsp3) is 0.500. The number of amides is 2. The molecule has 1 N–H and O–H groups in total. The lowest BCUT2D eigenvalue weighted by molar-refractivity contribution is 0.127. The van der Waals surface area contributed by atoms with Gasteiger partial charge in [0, 0.05) is 30.8 Å². The molecule has 1 aliphatic heterocycles. The molecule has 33 heavy (non-hydrogen) atoms. The van der Waals surface area contributed by atoms with Crippen LogP contribution in [-0.4, -0.2) is 55.7 Å². The van der Waals surface area contributed by atoms with E-state index in [0.29, 0.717) is 25.4 Å². The summed E-state index contributed by atoms with van der Waals surface area (Å²) in [6.07, 6.45) is 3.91. The Morgan fingerprint density at radius 1 is 1.18 bits per heavy atom. The molecule has 7 heteroatoms. The number of carbonyl (C=O) groups is 1. The summed E-state index contributed by atoms with van der Waals surface area (Å²) < 4.78 is 24.7. The topological polar surface area (TPSA) is 54.0 Å². The number of methoxy groups -OCH3 is 1. The maximum absolute atomic E-state index is 13.4. The van der Waals surface area contributed by atoms with Crippen LogP contribution in [0.4, 0.5) is 9.18 Å². The van der Waals surface area contributed by atoms with E-state index in [1.807, 2.05) is 23.1 Å². The zero-order valence-corrected chi connectivity index (χ0v) is 20.0. The largest absolute Gasteiger partial charge is 0.496 e.